The van der Waals surface area contributed by atoms with Gasteiger partial charge in [-0.25, -0.2) is 4.39 Å². The number of halogens is 1. The standard InChI is InChI=1S/C17H20FN3O/c1-17(2,3)21-14-8-9-19-15(10-14)16(22)20-11-12-4-6-13(18)7-5-12/h4-10H,11H2,1-3H3,(H,19,21)(H,20,22). The van der Waals surface area contributed by atoms with E-state index in [4.69, 9.17) is 0 Å². The molecule has 0 radical (unpaired) electrons. The Hall–Kier alpha value is -2.43. The number of benzene rings is 1. The summed E-state index contributed by atoms with van der Waals surface area (Å²) in [5, 5.41) is 6.07. The molecule has 2 rings (SSSR count). The van der Waals surface area contributed by atoms with Crippen LogP contribution in [0, 0.1) is 5.82 Å². The van der Waals surface area contributed by atoms with Crippen molar-refractivity contribution in [2.24, 2.45) is 0 Å². The minimum atomic E-state index is -0.294. The number of aromatic nitrogens is 1. The zero-order valence-corrected chi connectivity index (χ0v) is 13.0. The summed E-state index contributed by atoms with van der Waals surface area (Å²) in [6.45, 7) is 6.46. The van der Waals surface area contributed by atoms with E-state index in [1.807, 2.05) is 26.8 Å². The maximum atomic E-state index is 12.8. The summed E-state index contributed by atoms with van der Waals surface area (Å²) in [6.07, 6.45) is 1.60. The highest BCUT2D eigenvalue weighted by atomic mass is 19.1. The van der Waals surface area contributed by atoms with E-state index in [1.165, 1.54) is 12.1 Å². The van der Waals surface area contributed by atoms with Gasteiger partial charge in [0.15, 0.2) is 0 Å². The van der Waals surface area contributed by atoms with Gasteiger partial charge in [-0.1, -0.05) is 12.1 Å². The molecule has 1 aromatic carbocycles. The normalized spacial score (nSPS) is 11.1. The highest BCUT2D eigenvalue weighted by molar-refractivity contribution is 5.93. The first-order valence-corrected chi connectivity index (χ1v) is 7.10. The molecule has 1 aromatic heterocycles. The zero-order valence-electron chi connectivity index (χ0n) is 13.0. The fourth-order valence-electron chi connectivity index (χ4n) is 1.94. The van der Waals surface area contributed by atoms with Gasteiger partial charge in [-0.05, 0) is 50.6 Å². The quantitative estimate of drug-likeness (QED) is 0.910. The molecule has 0 atom stereocenters. The van der Waals surface area contributed by atoms with E-state index in [2.05, 4.69) is 15.6 Å². The molecule has 1 heterocycles. The van der Waals surface area contributed by atoms with Crippen molar-refractivity contribution in [3.05, 3.63) is 59.7 Å². The van der Waals surface area contributed by atoms with Gasteiger partial charge in [-0.2, -0.15) is 0 Å². The van der Waals surface area contributed by atoms with Gasteiger partial charge in [0.2, 0.25) is 0 Å². The van der Waals surface area contributed by atoms with Crippen molar-refractivity contribution in [3.8, 4) is 0 Å². The number of amides is 1. The number of carbonyl (C=O) groups is 1. The molecule has 0 spiro atoms. The summed E-state index contributed by atoms with van der Waals surface area (Å²) in [5.41, 5.74) is 1.92. The average Bonchev–Trinajstić information content (AvgIpc) is 2.45. The second-order valence-electron chi connectivity index (χ2n) is 6.11. The lowest BCUT2D eigenvalue weighted by atomic mass is 10.1. The van der Waals surface area contributed by atoms with Gasteiger partial charge in [-0.15, -0.1) is 0 Å². The van der Waals surface area contributed by atoms with Crippen molar-refractivity contribution in [1.82, 2.24) is 10.3 Å². The lowest BCUT2D eigenvalue weighted by Gasteiger charge is -2.22. The van der Waals surface area contributed by atoms with E-state index in [1.54, 1.807) is 24.4 Å². The third kappa shape index (κ3) is 4.84. The summed E-state index contributed by atoms with van der Waals surface area (Å²) < 4.78 is 12.8. The SMILES string of the molecule is CC(C)(C)Nc1ccnc(C(=O)NCc2ccc(F)cc2)c1. The van der Waals surface area contributed by atoms with Crippen LogP contribution in [-0.2, 0) is 6.54 Å². The van der Waals surface area contributed by atoms with Gasteiger partial charge in [-0.3, -0.25) is 9.78 Å². The topological polar surface area (TPSA) is 54.0 Å². The zero-order chi connectivity index (χ0) is 16.2. The van der Waals surface area contributed by atoms with Crippen LogP contribution in [-0.4, -0.2) is 16.4 Å². The van der Waals surface area contributed by atoms with E-state index < -0.39 is 0 Å². The van der Waals surface area contributed by atoms with E-state index in [0.29, 0.717) is 12.2 Å². The fourth-order valence-corrected chi connectivity index (χ4v) is 1.94. The summed E-state index contributed by atoms with van der Waals surface area (Å²) in [5.74, 6) is -0.556. The summed E-state index contributed by atoms with van der Waals surface area (Å²) >= 11 is 0. The van der Waals surface area contributed by atoms with Gasteiger partial charge in [0.05, 0.1) is 0 Å². The third-order valence-electron chi connectivity index (χ3n) is 2.88. The van der Waals surface area contributed by atoms with E-state index in [-0.39, 0.29) is 17.3 Å². The van der Waals surface area contributed by atoms with E-state index in [0.717, 1.165) is 11.3 Å². The van der Waals surface area contributed by atoms with Crippen LogP contribution in [0.25, 0.3) is 0 Å². The molecule has 0 saturated heterocycles. The molecule has 0 fully saturated rings. The van der Waals surface area contributed by atoms with Crippen LogP contribution in [0.5, 0.6) is 0 Å². The number of nitrogens with zero attached hydrogens (tertiary/aromatic N) is 1. The molecule has 1 amide bonds. The van der Waals surface area contributed by atoms with Crippen molar-refractivity contribution >= 4 is 11.6 Å². The number of pyridine rings is 1. The monoisotopic (exact) mass is 301 g/mol. The number of hydrogen-bond donors (Lipinski definition) is 2. The number of nitrogens with one attached hydrogen (secondary N) is 2. The highest BCUT2D eigenvalue weighted by Gasteiger charge is 2.12. The molecular formula is C17H20FN3O. The third-order valence-corrected chi connectivity index (χ3v) is 2.88. The van der Waals surface area contributed by atoms with Crippen molar-refractivity contribution in [2.75, 3.05) is 5.32 Å². The fraction of sp³-hybridized carbons (Fsp3) is 0.294. The number of carbonyl (C=O) groups excluding carboxylic acids is 1. The van der Waals surface area contributed by atoms with Crippen molar-refractivity contribution in [2.45, 2.75) is 32.9 Å². The van der Waals surface area contributed by atoms with Gasteiger partial charge in [0.25, 0.3) is 5.91 Å². The summed E-state index contributed by atoms with van der Waals surface area (Å²) in [6, 6.07) is 9.55. The second-order valence-corrected chi connectivity index (χ2v) is 6.11. The predicted octanol–water partition coefficient (Wildman–Crippen LogP) is 3.36. The van der Waals surface area contributed by atoms with Crippen molar-refractivity contribution < 1.29 is 9.18 Å². The largest absolute Gasteiger partial charge is 0.380 e. The second kappa shape index (κ2) is 6.56. The van der Waals surface area contributed by atoms with Crippen molar-refractivity contribution in [3.63, 3.8) is 0 Å². The lowest BCUT2D eigenvalue weighted by molar-refractivity contribution is 0.0946. The minimum Gasteiger partial charge on any atom is -0.380 e. The summed E-state index contributed by atoms with van der Waals surface area (Å²) in [4.78, 5) is 16.2. The molecule has 2 aromatic rings. The number of hydrogen-bond acceptors (Lipinski definition) is 3. The van der Waals surface area contributed by atoms with E-state index >= 15 is 0 Å². The number of rotatable bonds is 4. The maximum absolute atomic E-state index is 12.8. The number of anilines is 1. The molecule has 0 unspecified atom stereocenters. The van der Waals surface area contributed by atoms with Crippen LogP contribution in [0.4, 0.5) is 10.1 Å². The molecular weight excluding hydrogens is 281 g/mol. The molecule has 22 heavy (non-hydrogen) atoms. The Balaban J connectivity index is 2.00. The Bertz CT molecular complexity index is 648. The Morgan fingerprint density at radius 3 is 2.50 bits per heavy atom. The smallest absolute Gasteiger partial charge is 0.270 e. The van der Waals surface area contributed by atoms with Gasteiger partial charge in [0, 0.05) is 24.0 Å². The van der Waals surface area contributed by atoms with Gasteiger partial charge in [0.1, 0.15) is 11.5 Å². The van der Waals surface area contributed by atoms with Crippen LogP contribution in [0.3, 0.4) is 0 Å². The van der Waals surface area contributed by atoms with Crippen LogP contribution in [0.2, 0.25) is 0 Å². The molecule has 0 aliphatic rings. The molecule has 0 aliphatic heterocycles. The van der Waals surface area contributed by atoms with Crippen LogP contribution in [0.1, 0.15) is 36.8 Å². The maximum Gasteiger partial charge on any atom is 0.270 e. The Labute approximate surface area is 129 Å². The molecule has 4 nitrogen and oxygen atoms in total. The van der Waals surface area contributed by atoms with Crippen molar-refractivity contribution in [1.29, 1.82) is 0 Å². The highest BCUT2D eigenvalue weighted by Crippen LogP contribution is 2.14. The first kappa shape index (κ1) is 15.9. The Kier molecular flexibility index (Phi) is 4.75. The molecule has 116 valence electrons. The Morgan fingerprint density at radius 2 is 1.86 bits per heavy atom. The molecule has 0 bridgehead atoms. The van der Waals surface area contributed by atoms with Gasteiger partial charge >= 0.3 is 0 Å². The first-order valence-electron chi connectivity index (χ1n) is 7.10. The molecule has 5 heteroatoms. The first-order chi connectivity index (χ1) is 10.3. The van der Waals surface area contributed by atoms with Crippen LogP contribution < -0.4 is 10.6 Å². The van der Waals surface area contributed by atoms with E-state index in [9.17, 15) is 9.18 Å². The molecule has 2 N–H and O–H groups in total. The lowest BCUT2D eigenvalue weighted by Crippen LogP contribution is -2.27. The minimum absolute atomic E-state index is 0.0940. The van der Waals surface area contributed by atoms with Crippen LogP contribution in [0.15, 0.2) is 42.6 Å². The summed E-state index contributed by atoms with van der Waals surface area (Å²) in [7, 11) is 0. The predicted molar refractivity (Wildman–Crippen MR) is 85.2 cm³/mol. The molecule has 0 saturated carbocycles. The average molecular weight is 301 g/mol. The molecule has 0 aliphatic carbocycles. The van der Waals surface area contributed by atoms with Crippen LogP contribution >= 0.6 is 0 Å². The Morgan fingerprint density at radius 1 is 1.18 bits per heavy atom. The van der Waals surface area contributed by atoms with Gasteiger partial charge < -0.3 is 10.6 Å².